The van der Waals surface area contributed by atoms with E-state index in [1.165, 1.54) is 0 Å². The molecular formula is C9H14O. The zero-order valence-corrected chi connectivity index (χ0v) is 6.85. The molecule has 0 unspecified atom stereocenters. The number of rotatable bonds is 1. The summed E-state index contributed by atoms with van der Waals surface area (Å²) in [5.74, 6) is 0.731. The van der Waals surface area contributed by atoms with Gasteiger partial charge < -0.3 is 0 Å². The molecule has 1 aliphatic rings. The van der Waals surface area contributed by atoms with Crippen molar-refractivity contribution < 1.29 is 4.79 Å². The van der Waals surface area contributed by atoms with Gasteiger partial charge in [0.2, 0.25) is 0 Å². The summed E-state index contributed by atoms with van der Waals surface area (Å²) in [6.45, 7) is 5.83. The van der Waals surface area contributed by atoms with Gasteiger partial charge in [0.05, 0.1) is 0 Å². The average molecular weight is 138 g/mol. The molecule has 56 valence electrons. The summed E-state index contributed by atoms with van der Waals surface area (Å²) in [6.07, 6.45) is 5.15. The van der Waals surface area contributed by atoms with Gasteiger partial charge >= 0.3 is 0 Å². The van der Waals surface area contributed by atoms with Crippen LogP contribution in [0.1, 0.15) is 27.2 Å². The van der Waals surface area contributed by atoms with E-state index in [1.54, 1.807) is 6.92 Å². The molecule has 1 rings (SSSR count). The Morgan fingerprint density at radius 2 is 2.30 bits per heavy atom. The smallest absolute Gasteiger partial charge is 0.136 e. The third-order valence-corrected chi connectivity index (χ3v) is 2.78. The van der Waals surface area contributed by atoms with E-state index in [-0.39, 0.29) is 5.41 Å². The topological polar surface area (TPSA) is 17.1 Å². The van der Waals surface area contributed by atoms with E-state index in [1.807, 2.05) is 6.92 Å². The Balaban J connectivity index is 2.80. The second-order valence-corrected chi connectivity index (χ2v) is 3.39. The molecule has 0 amide bonds. The Bertz CT molecular complexity index is 181. The van der Waals surface area contributed by atoms with Gasteiger partial charge in [-0.25, -0.2) is 0 Å². The molecule has 0 N–H and O–H groups in total. The molecule has 0 saturated heterocycles. The van der Waals surface area contributed by atoms with E-state index in [2.05, 4.69) is 19.1 Å². The second kappa shape index (κ2) is 2.22. The summed E-state index contributed by atoms with van der Waals surface area (Å²) in [4.78, 5) is 11.1. The number of carbonyl (C=O) groups is 1. The van der Waals surface area contributed by atoms with Crippen LogP contribution in [-0.4, -0.2) is 5.78 Å². The Kier molecular flexibility index (Phi) is 1.67. The van der Waals surface area contributed by atoms with E-state index < -0.39 is 0 Å². The van der Waals surface area contributed by atoms with E-state index >= 15 is 0 Å². The van der Waals surface area contributed by atoms with Gasteiger partial charge in [-0.15, -0.1) is 0 Å². The normalized spacial score (nSPS) is 38.5. The van der Waals surface area contributed by atoms with Gasteiger partial charge in [-0.2, -0.15) is 0 Å². The zero-order chi connectivity index (χ0) is 7.78. The number of Topliss-reactive ketones (excluding diaryl/α,β-unsaturated/α-hetero) is 1. The van der Waals surface area contributed by atoms with Crippen LogP contribution in [0.15, 0.2) is 12.2 Å². The van der Waals surface area contributed by atoms with Crippen molar-refractivity contribution in [3.05, 3.63) is 12.2 Å². The van der Waals surface area contributed by atoms with Crippen LogP contribution in [0, 0.1) is 11.3 Å². The highest BCUT2D eigenvalue weighted by Gasteiger charge is 2.36. The van der Waals surface area contributed by atoms with Crippen LogP contribution in [0.2, 0.25) is 0 Å². The summed E-state index contributed by atoms with van der Waals surface area (Å²) >= 11 is 0. The van der Waals surface area contributed by atoms with Gasteiger partial charge in [0, 0.05) is 5.41 Å². The quantitative estimate of drug-likeness (QED) is 0.507. The van der Waals surface area contributed by atoms with Gasteiger partial charge in [0.1, 0.15) is 5.78 Å². The molecule has 0 aromatic carbocycles. The molecule has 0 aromatic rings. The number of hydrogen-bond acceptors (Lipinski definition) is 1. The zero-order valence-electron chi connectivity index (χ0n) is 6.85. The van der Waals surface area contributed by atoms with Crippen LogP contribution < -0.4 is 0 Å². The van der Waals surface area contributed by atoms with Gasteiger partial charge in [-0.1, -0.05) is 26.0 Å². The molecule has 0 bridgehead atoms. The predicted molar refractivity (Wildman–Crippen MR) is 41.7 cm³/mol. The molecule has 0 aromatic heterocycles. The lowest BCUT2D eigenvalue weighted by molar-refractivity contribution is -0.126. The molecule has 0 spiro atoms. The monoisotopic (exact) mass is 138 g/mol. The molecular weight excluding hydrogens is 124 g/mol. The van der Waals surface area contributed by atoms with Gasteiger partial charge in [-0.3, -0.25) is 4.79 Å². The van der Waals surface area contributed by atoms with Crippen LogP contribution in [0.25, 0.3) is 0 Å². The third-order valence-electron chi connectivity index (χ3n) is 2.78. The summed E-state index contributed by atoms with van der Waals surface area (Å²) in [5.41, 5.74) is -0.0972. The van der Waals surface area contributed by atoms with Crippen molar-refractivity contribution in [2.24, 2.45) is 11.3 Å². The summed E-state index contributed by atoms with van der Waals surface area (Å²) < 4.78 is 0. The maximum absolute atomic E-state index is 11.1. The third kappa shape index (κ3) is 0.898. The highest BCUT2D eigenvalue weighted by atomic mass is 16.1. The first-order valence-electron chi connectivity index (χ1n) is 3.75. The number of allylic oxidation sites excluding steroid dienone is 2. The molecule has 2 atom stereocenters. The molecule has 0 fully saturated rings. The van der Waals surface area contributed by atoms with E-state index in [9.17, 15) is 4.79 Å². The van der Waals surface area contributed by atoms with Crippen LogP contribution in [0.4, 0.5) is 0 Å². The minimum atomic E-state index is -0.0972. The van der Waals surface area contributed by atoms with Crippen molar-refractivity contribution in [2.45, 2.75) is 27.2 Å². The highest BCUT2D eigenvalue weighted by molar-refractivity contribution is 5.83. The lowest BCUT2D eigenvalue weighted by Gasteiger charge is -2.25. The van der Waals surface area contributed by atoms with E-state index in [4.69, 9.17) is 0 Å². The van der Waals surface area contributed by atoms with Crippen LogP contribution >= 0.6 is 0 Å². The van der Waals surface area contributed by atoms with Crippen molar-refractivity contribution in [3.63, 3.8) is 0 Å². The summed E-state index contributed by atoms with van der Waals surface area (Å²) in [7, 11) is 0. The highest BCUT2D eigenvalue weighted by Crippen LogP contribution is 2.38. The number of ketones is 1. The van der Waals surface area contributed by atoms with Crippen molar-refractivity contribution in [1.82, 2.24) is 0 Å². The Hall–Kier alpha value is -0.590. The first-order valence-corrected chi connectivity index (χ1v) is 3.75. The van der Waals surface area contributed by atoms with Crippen LogP contribution in [-0.2, 0) is 4.79 Å². The molecule has 0 aliphatic heterocycles. The van der Waals surface area contributed by atoms with E-state index in [0.29, 0.717) is 11.7 Å². The SMILES string of the molecule is CC(=O)[C@]1(C)CC=C[C@H]1C. The Labute approximate surface area is 62.1 Å². The van der Waals surface area contributed by atoms with Gasteiger partial charge in [0.25, 0.3) is 0 Å². The van der Waals surface area contributed by atoms with Crippen molar-refractivity contribution in [3.8, 4) is 0 Å². The van der Waals surface area contributed by atoms with Crippen LogP contribution in [0.3, 0.4) is 0 Å². The fourth-order valence-corrected chi connectivity index (χ4v) is 1.38. The maximum Gasteiger partial charge on any atom is 0.136 e. The largest absolute Gasteiger partial charge is 0.299 e. The maximum atomic E-state index is 11.1. The number of hydrogen-bond donors (Lipinski definition) is 0. The number of carbonyl (C=O) groups excluding carboxylic acids is 1. The molecule has 1 aliphatic carbocycles. The Morgan fingerprint density at radius 1 is 1.70 bits per heavy atom. The lowest BCUT2D eigenvalue weighted by Crippen LogP contribution is -2.28. The van der Waals surface area contributed by atoms with Crippen molar-refractivity contribution in [1.29, 1.82) is 0 Å². The minimum Gasteiger partial charge on any atom is -0.299 e. The van der Waals surface area contributed by atoms with Gasteiger partial charge in [-0.05, 0) is 19.3 Å². The first-order chi connectivity index (χ1) is 4.57. The standard InChI is InChI=1S/C9H14O/c1-7-5-4-6-9(7,3)8(2)10/h4-5,7H,6H2,1-3H3/t7-,9-/m1/s1. The average Bonchev–Trinajstić information content (AvgIpc) is 2.15. The first kappa shape index (κ1) is 7.52. The second-order valence-electron chi connectivity index (χ2n) is 3.39. The molecule has 10 heavy (non-hydrogen) atoms. The molecule has 1 nitrogen and oxygen atoms in total. The van der Waals surface area contributed by atoms with Crippen LogP contribution in [0.5, 0.6) is 0 Å². The molecule has 0 heterocycles. The Morgan fingerprint density at radius 3 is 2.50 bits per heavy atom. The fourth-order valence-electron chi connectivity index (χ4n) is 1.38. The van der Waals surface area contributed by atoms with Gasteiger partial charge in [0.15, 0.2) is 0 Å². The summed E-state index contributed by atoms with van der Waals surface area (Å²) in [5, 5.41) is 0. The lowest BCUT2D eigenvalue weighted by atomic mass is 9.77. The van der Waals surface area contributed by atoms with E-state index in [0.717, 1.165) is 6.42 Å². The molecule has 0 saturated carbocycles. The van der Waals surface area contributed by atoms with Crippen molar-refractivity contribution in [2.75, 3.05) is 0 Å². The molecule has 0 radical (unpaired) electrons. The predicted octanol–water partition coefficient (Wildman–Crippen LogP) is 2.18. The fraction of sp³-hybridized carbons (Fsp3) is 0.667. The summed E-state index contributed by atoms with van der Waals surface area (Å²) in [6, 6.07) is 0. The minimum absolute atomic E-state index is 0.0972. The van der Waals surface area contributed by atoms with Crippen molar-refractivity contribution >= 4 is 5.78 Å². The molecule has 1 heteroatoms.